The molecule has 12 heteroatoms. The first-order valence-corrected chi connectivity index (χ1v) is 12.7. The molecule has 1 aliphatic carbocycles. The number of benzene rings is 1. The molecule has 0 amide bonds. The molecule has 2 fully saturated rings. The van der Waals surface area contributed by atoms with E-state index in [9.17, 15) is 13.2 Å². The molecule has 2 aliphatic rings. The van der Waals surface area contributed by atoms with Crippen LogP contribution >= 0.6 is 11.6 Å². The van der Waals surface area contributed by atoms with Crippen LogP contribution < -0.4 is 10.2 Å². The average Bonchev–Trinajstić information content (AvgIpc) is 3.32. The minimum Gasteiger partial charge on any atom is -0.347 e. The minimum atomic E-state index is -4.68. The number of hydrogen-bond donors (Lipinski definition) is 1. The summed E-state index contributed by atoms with van der Waals surface area (Å²) in [5.74, 6) is 0.762. The summed E-state index contributed by atoms with van der Waals surface area (Å²) in [5, 5.41) is 8.97. The highest BCUT2D eigenvalue weighted by Gasteiger charge is 2.55. The van der Waals surface area contributed by atoms with Crippen molar-refractivity contribution >= 4 is 28.5 Å². The number of aryl methyl sites for hydroxylation is 1. The highest BCUT2D eigenvalue weighted by atomic mass is 35.5. The van der Waals surface area contributed by atoms with Gasteiger partial charge < -0.3 is 19.3 Å². The third kappa shape index (κ3) is 4.66. The summed E-state index contributed by atoms with van der Waals surface area (Å²) in [6.07, 6.45) is 1.47. The number of alkyl halides is 3. The third-order valence-corrected chi connectivity index (χ3v) is 7.54. The quantitative estimate of drug-likeness (QED) is 0.341. The second kappa shape index (κ2) is 9.29. The second-order valence-corrected chi connectivity index (χ2v) is 10.2. The number of nitrogens with one attached hydrogen (secondary N) is 1. The highest BCUT2D eigenvalue weighted by molar-refractivity contribution is 6.31. The van der Waals surface area contributed by atoms with E-state index in [1.54, 1.807) is 0 Å². The SMILES string of the molecule is CCCn1cc(CNCC2C3CN(c4ncc(-c5noc(C(F)(F)F)n5)cn4)CC23)c2cc(Cl)ccc21. The highest BCUT2D eigenvalue weighted by Crippen LogP contribution is 2.51. The second-order valence-electron chi connectivity index (χ2n) is 9.73. The Kier molecular flexibility index (Phi) is 6.07. The lowest BCUT2D eigenvalue weighted by Gasteiger charge is -2.19. The van der Waals surface area contributed by atoms with Crippen LogP contribution in [-0.2, 0) is 19.3 Å². The summed E-state index contributed by atoms with van der Waals surface area (Å²) in [5.41, 5.74) is 2.75. The Labute approximate surface area is 215 Å². The van der Waals surface area contributed by atoms with E-state index in [1.165, 1.54) is 28.9 Å². The molecule has 1 saturated heterocycles. The van der Waals surface area contributed by atoms with E-state index in [-0.39, 0.29) is 11.4 Å². The van der Waals surface area contributed by atoms with Crippen molar-refractivity contribution in [3.8, 4) is 11.4 Å². The summed E-state index contributed by atoms with van der Waals surface area (Å²) in [4.78, 5) is 14.2. The van der Waals surface area contributed by atoms with Crippen LogP contribution in [0.25, 0.3) is 22.3 Å². The average molecular weight is 532 g/mol. The van der Waals surface area contributed by atoms with Crippen LogP contribution in [0.4, 0.5) is 19.1 Å². The van der Waals surface area contributed by atoms with Crippen LogP contribution in [0.3, 0.4) is 0 Å². The van der Waals surface area contributed by atoms with Crippen LogP contribution in [0.1, 0.15) is 24.8 Å². The largest absolute Gasteiger partial charge is 0.471 e. The number of halogens is 4. The van der Waals surface area contributed by atoms with Gasteiger partial charge in [-0.15, -0.1) is 0 Å². The number of anilines is 1. The van der Waals surface area contributed by atoms with Crippen LogP contribution in [-0.4, -0.2) is 44.3 Å². The Hall–Kier alpha value is -3.18. The smallest absolute Gasteiger partial charge is 0.347 e. The van der Waals surface area contributed by atoms with E-state index in [0.717, 1.165) is 44.2 Å². The van der Waals surface area contributed by atoms with E-state index in [2.05, 4.69) is 58.6 Å². The molecule has 6 rings (SSSR count). The van der Waals surface area contributed by atoms with Gasteiger partial charge in [-0.3, -0.25) is 0 Å². The van der Waals surface area contributed by atoms with Gasteiger partial charge in [0.2, 0.25) is 11.8 Å². The summed E-state index contributed by atoms with van der Waals surface area (Å²) in [6, 6.07) is 6.08. The zero-order valence-electron chi connectivity index (χ0n) is 20.0. The Morgan fingerprint density at radius 3 is 2.59 bits per heavy atom. The fourth-order valence-corrected chi connectivity index (χ4v) is 5.63. The molecule has 4 aromatic rings. The monoisotopic (exact) mass is 531 g/mol. The van der Waals surface area contributed by atoms with E-state index >= 15 is 0 Å². The van der Waals surface area contributed by atoms with E-state index in [4.69, 9.17) is 11.6 Å². The fraction of sp³-hybridized carbons (Fsp3) is 0.440. The number of hydrogen-bond acceptors (Lipinski definition) is 7. The molecule has 4 heterocycles. The van der Waals surface area contributed by atoms with Crippen LogP contribution in [0.15, 0.2) is 41.3 Å². The van der Waals surface area contributed by atoms with Crippen LogP contribution in [0, 0.1) is 17.8 Å². The fourth-order valence-electron chi connectivity index (χ4n) is 5.45. The molecule has 1 saturated carbocycles. The van der Waals surface area contributed by atoms with Crippen molar-refractivity contribution in [2.75, 3.05) is 24.5 Å². The molecule has 37 heavy (non-hydrogen) atoms. The van der Waals surface area contributed by atoms with Crippen molar-refractivity contribution in [2.45, 2.75) is 32.6 Å². The summed E-state index contributed by atoms with van der Waals surface area (Å²) < 4.78 is 44.6. The van der Waals surface area contributed by atoms with Gasteiger partial charge >= 0.3 is 12.1 Å². The van der Waals surface area contributed by atoms with Gasteiger partial charge in [-0.05, 0) is 54.5 Å². The van der Waals surface area contributed by atoms with Gasteiger partial charge in [0.25, 0.3) is 0 Å². The third-order valence-electron chi connectivity index (χ3n) is 7.30. The lowest BCUT2D eigenvalue weighted by Crippen LogP contribution is -2.28. The van der Waals surface area contributed by atoms with Crippen molar-refractivity contribution in [1.82, 2.24) is 30.0 Å². The molecule has 194 valence electrons. The van der Waals surface area contributed by atoms with E-state index in [1.807, 2.05) is 12.1 Å². The minimum absolute atomic E-state index is 0.186. The molecule has 1 aromatic carbocycles. The lowest BCUT2D eigenvalue weighted by atomic mass is 10.1. The number of rotatable bonds is 8. The molecule has 2 atom stereocenters. The molecule has 0 bridgehead atoms. The Morgan fingerprint density at radius 1 is 1.16 bits per heavy atom. The normalized spacial score (nSPS) is 21.1. The van der Waals surface area contributed by atoms with Crippen molar-refractivity contribution in [3.05, 3.63) is 53.3 Å². The molecule has 0 spiro atoms. The van der Waals surface area contributed by atoms with Gasteiger partial charge in [-0.1, -0.05) is 23.7 Å². The maximum absolute atomic E-state index is 12.7. The van der Waals surface area contributed by atoms with Gasteiger partial charge in [-0.2, -0.15) is 18.2 Å². The molecular weight excluding hydrogens is 507 g/mol. The molecule has 1 aliphatic heterocycles. The molecule has 1 N–H and O–H groups in total. The summed E-state index contributed by atoms with van der Waals surface area (Å²) in [6.45, 7) is 6.63. The first-order chi connectivity index (χ1) is 17.8. The Morgan fingerprint density at radius 2 is 1.92 bits per heavy atom. The van der Waals surface area contributed by atoms with E-state index < -0.39 is 12.1 Å². The van der Waals surface area contributed by atoms with Crippen LogP contribution in [0.2, 0.25) is 5.02 Å². The van der Waals surface area contributed by atoms with Crippen molar-refractivity contribution in [3.63, 3.8) is 0 Å². The van der Waals surface area contributed by atoms with Crippen molar-refractivity contribution in [1.29, 1.82) is 0 Å². The number of nitrogens with zero attached hydrogens (tertiary/aromatic N) is 6. The van der Waals surface area contributed by atoms with E-state index in [0.29, 0.717) is 23.7 Å². The molecule has 0 radical (unpaired) electrons. The number of piperidine rings is 1. The van der Waals surface area contributed by atoms with Gasteiger partial charge in [0.1, 0.15) is 0 Å². The van der Waals surface area contributed by atoms with Gasteiger partial charge in [0.15, 0.2) is 0 Å². The molecule has 8 nitrogen and oxygen atoms in total. The van der Waals surface area contributed by atoms with Gasteiger partial charge in [0.05, 0.1) is 5.56 Å². The maximum Gasteiger partial charge on any atom is 0.471 e. The number of aromatic nitrogens is 5. The molecule has 2 unspecified atom stereocenters. The Balaban J connectivity index is 1.02. The van der Waals surface area contributed by atoms with Crippen molar-refractivity contribution < 1.29 is 17.7 Å². The maximum atomic E-state index is 12.7. The van der Waals surface area contributed by atoms with Gasteiger partial charge in [0, 0.05) is 60.7 Å². The predicted molar refractivity (Wildman–Crippen MR) is 132 cm³/mol. The predicted octanol–water partition coefficient (Wildman–Crippen LogP) is 5.04. The zero-order chi connectivity index (χ0) is 25.7. The Bertz CT molecular complexity index is 1410. The standard InChI is InChI=1S/C25H25ClF3N7O/c1-2-5-35-11-15(17-6-16(26)3-4-21(17)35)7-30-10-18-19-12-36(13-20(18)19)24-31-8-14(9-32-24)22-33-23(37-34-22)25(27,28)29/h3-4,6,8-9,11,18-20,30H,2,5,7,10,12-13H2,1H3. The summed E-state index contributed by atoms with van der Waals surface area (Å²) in [7, 11) is 0. The lowest BCUT2D eigenvalue weighted by molar-refractivity contribution is -0.159. The first kappa shape index (κ1) is 24.2. The summed E-state index contributed by atoms with van der Waals surface area (Å²) >= 11 is 6.26. The first-order valence-electron chi connectivity index (χ1n) is 12.3. The molecular formula is C25H25ClF3N7O. The molecule has 3 aromatic heterocycles. The topological polar surface area (TPSA) is 84.9 Å². The van der Waals surface area contributed by atoms with Crippen LogP contribution in [0.5, 0.6) is 0 Å². The number of fused-ring (bicyclic) bond motifs is 2. The van der Waals surface area contributed by atoms with Gasteiger partial charge in [-0.25, -0.2) is 9.97 Å². The zero-order valence-corrected chi connectivity index (χ0v) is 20.8. The van der Waals surface area contributed by atoms with Crippen molar-refractivity contribution in [2.24, 2.45) is 17.8 Å².